The predicted octanol–water partition coefficient (Wildman–Crippen LogP) is 6.45. The summed E-state index contributed by atoms with van der Waals surface area (Å²) in [5.74, 6) is 2.58. The number of nitrogens with zero attached hydrogens (tertiary/aromatic N) is 5. The zero-order valence-electron chi connectivity index (χ0n) is 28.3. The highest BCUT2D eigenvalue weighted by Crippen LogP contribution is 2.41. The molecule has 0 saturated carbocycles. The number of carbonyl (C=O) groups excluding carboxylic acids is 1. The van der Waals surface area contributed by atoms with Gasteiger partial charge in [-0.3, -0.25) is 14.6 Å². The zero-order chi connectivity index (χ0) is 33.6. The number of β-amino-alcohol motifs (C(OH)–C–C–N with tert-alkyl or cyclic N) is 1. The first kappa shape index (κ1) is 34.2. The standard InChI is InChI=1S/C39H48ClN5O3/c1-28(2)24-32-6-4-5-7-37(32)45-29(3)35-25-31(30-14-16-42(17-15-30)22-23-46)8-13-36(35)41-38(45)26-43-18-20-44(21-19-43)39(47)27-48-34-11-9-33(40)10-12-34/h4-13,25,28,30,46H,3,14-24,26-27H2,1-2H3. The Labute approximate surface area is 290 Å². The molecule has 1 N–H and O–H groups in total. The minimum absolute atomic E-state index is 0.00905. The van der Waals surface area contributed by atoms with Gasteiger partial charge in [0.05, 0.1) is 24.5 Å². The maximum Gasteiger partial charge on any atom is 0.260 e. The number of para-hydroxylation sites is 1. The van der Waals surface area contributed by atoms with Gasteiger partial charge in [0.1, 0.15) is 11.6 Å². The second kappa shape index (κ2) is 15.7. The van der Waals surface area contributed by atoms with Crippen molar-refractivity contribution in [3.63, 3.8) is 0 Å². The van der Waals surface area contributed by atoms with E-state index in [-0.39, 0.29) is 19.1 Å². The molecular weight excluding hydrogens is 622 g/mol. The molecule has 3 heterocycles. The lowest BCUT2D eigenvalue weighted by Gasteiger charge is -2.39. The minimum atomic E-state index is -0.0129. The van der Waals surface area contributed by atoms with Crippen molar-refractivity contribution < 1.29 is 14.6 Å². The van der Waals surface area contributed by atoms with Crippen LogP contribution < -0.4 is 9.64 Å². The highest BCUT2D eigenvalue weighted by atomic mass is 35.5. The number of piperidine rings is 1. The number of carbonyl (C=O) groups is 1. The van der Waals surface area contributed by atoms with Gasteiger partial charge in [0.15, 0.2) is 6.61 Å². The minimum Gasteiger partial charge on any atom is -0.484 e. The van der Waals surface area contributed by atoms with Gasteiger partial charge in [0, 0.05) is 49.0 Å². The van der Waals surface area contributed by atoms with Crippen LogP contribution in [0.4, 0.5) is 11.4 Å². The summed E-state index contributed by atoms with van der Waals surface area (Å²) in [5.41, 5.74) is 6.77. The zero-order valence-corrected chi connectivity index (χ0v) is 29.0. The fourth-order valence-electron chi connectivity index (χ4n) is 7.09. The lowest BCUT2D eigenvalue weighted by atomic mass is 9.87. The Morgan fingerprint density at radius 2 is 1.71 bits per heavy atom. The molecule has 1 amide bonds. The van der Waals surface area contributed by atoms with Crippen LogP contribution in [0.1, 0.15) is 49.3 Å². The molecule has 3 aromatic carbocycles. The number of benzene rings is 3. The van der Waals surface area contributed by atoms with Crippen LogP contribution in [0.5, 0.6) is 5.75 Å². The number of likely N-dealkylation sites (tertiary alicyclic amines) is 1. The number of aliphatic hydroxyl groups is 1. The first-order chi connectivity index (χ1) is 23.3. The number of amidine groups is 1. The second-order valence-corrected chi connectivity index (χ2v) is 14.0. The molecule has 3 aliphatic heterocycles. The van der Waals surface area contributed by atoms with Gasteiger partial charge in [-0.15, -0.1) is 0 Å². The number of halogens is 1. The molecule has 9 heteroatoms. The first-order valence-electron chi connectivity index (χ1n) is 17.3. The average Bonchev–Trinajstić information content (AvgIpc) is 3.09. The quantitative estimate of drug-likeness (QED) is 0.253. The van der Waals surface area contributed by atoms with E-state index in [0.717, 1.165) is 80.5 Å². The fraction of sp³-hybridized carbons (Fsp3) is 0.436. The number of ether oxygens (including phenoxy) is 1. The van der Waals surface area contributed by atoms with Crippen LogP contribution in [-0.2, 0) is 11.2 Å². The Bertz CT molecular complexity index is 1610. The lowest BCUT2D eigenvalue weighted by Crippen LogP contribution is -2.52. The van der Waals surface area contributed by atoms with Gasteiger partial charge >= 0.3 is 0 Å². The third-order valence-corrected chi connectivity index (χ3v) is 9.96. The molecular formula is C39H48ClN5O3. The molecule has 48 heavy (non-hydrogen) atoms. The van der Waals surface area contributed by atoms with Crippen LogP contribution in [0.15, 0.2) is 78.3 Å². The van der Waals surface area contributed by atoms with Gasteiger partial charge in [-0.2, -0.15) is 0 Å². The van der Waals surface area contributed by atoms with Gasteiger partial charge < -0.3 is 19.6 Å². The fourth-order valence-corrected chi connectivity index (χ4v) is 7.21. The Hall–Kier alpha value is -3.69. The molecule has 3 aliphatic rings. The second-order valence-electron chi connectivity index (χ2n) is 13.6. The van der Waals surface area contributed by atoms with Crippen molar-refractivity contribution in [1.29, 1.82) is 0 Å². The highest BCUT2D eigenvalue weighted by molar-refractivity contribution is 6.30. The third-order valence-electron chi connectivity index (χ3n) is 9.71. The van der Waals surface area contributed by atoms with Crippen LogP contribution in [0.25, 0.3) is 5.70 Å². The lowest BCUT2D eigenvalue weighted by molar-refractivity contribution is -0.135. The molecule has 0 aliphatic carbocycles. The van der Waals surface area contributed by atoms with Crippen molar-refractivity contribution >= 4 is 40.4 Å². The molecule has 3 aromatic rings. The van der Waals surface area contributed by atoms with Crippen LogP contribution >= 0.6 is 11.6 Å². The largest absolute Gasteiger partial charge is 0.484 e. The number of amides is 1. The Kier molecular flexibility index (Phi) is 11.2. The number of hydrogen-bond donors (Lipinski definition) is 1. The third kappa shape index (κ3) is 8.12. The summed E-state index contributed by atoms with van der Waals surface area (Å²) < 4.78 is 5.72. The summed E-state index contributed by atoms with van der Waals surface area (Å²) in [6, 6.07) is 22.5. The van der Waals surface area contributed by atoms with Gasteiger partial charge in [-0.05, 0) is 97.8 Å². The van der Waals surface area contributed by atoms with E-state index >= 15 is 0 Å². The van der Waals surface area contributed by atoms with E-state index in [1.807, 2.05) is 4.90 Å². The van der Waals surface area contributed by atoms with E-state index in [2.05, 4.69) is 71.0 Å². The Balaban J connectivity index is 1.19. The molecule has 2 saturated heterocycles. The molecule has 0 spiro atoms. The summed E-state index contributed by atoms with van der Waals surface area (Å²) in [7, 11) is 0. The predicted molar refractivity (Wildman–Crippen MR) is 196 cm³/mol. The maximum atomic E-state index is 13.0. The van der Waals surface area contributed by atoms with Gasteiger partial charge in [-0.1, -0.05) is 56.3 Å². The molecule has 0 bridgehead atoms. The molecule has 0 aromatic heterocycles. The van der Waals surface area contributed by atoms with E-state index in [4.69, 9.17) is 27.9 Å². The molecule has 0 atom stereocenters. The summed E-state index contributed by atoms with van der Waals surface area (Å²) in [5, 5.41) is 10.0. The monoisotopic (exact) mass is 669 g/mol. The highest BCUT2D eigenvalue weighted by Gasteiger charge is 2.31. The number of fused-ring (bicyclic) bond motifs is 1. The smallest absolute Gasteiger partial charge is 0.260 e. The molecule has 8 nitrogen and oxygen atoms in total. The molecule has 0 unspecified atom stereocenters. The number of aliphatic hydroxyl groups excluding tert-OH is 1. The van der Waals surface area contributed by atoms with E-state index < -0.39 is 0 Å². The van der Waals surface area contributed by atoms with Crippen LogP contribution in [0.3, 0.4) is 0 Å². The van der Waals surface area contributed by atoms with Gasteiger partial charge in [-0.25, -0.2) is 4.99 Å². The van der Waals surface area contributed by atoms with Crippen molar-refractivity contribution in [2.24, 2.45) is 10.9 Å². The van der Waals surface area contributed by atoms with E-state index in [0.29, 0.717) is 42.2 Å². The van der Waals surface area contributed by atoms with Crippen molar-refractivity contribution in [1.82, 2.24) is 14.7 Å². The molecule has 2 fully saturated rings. The number of anilines is 1. The molecule has 0 radical (unpaired) electrons. The molecule has 254 valence electrons. The molecule has 6 rings (SSSR count). The van der Waals surface area contributed by atoms with Crippen molar-refractivity contribution in [3.05, 3.63) is 95.0 Å². The van der Waals surface area contributed by atoms with Crippen molar-refractivity contribution in [2.45, 2.75) is 39.0 Å². The van der Waals surface area contributed by atoms with E-state index in [1.54, 1.807) is 24.3 Å². The number of rotatable bonds is 11. The maximum absolute atomic E-state index is 13.0. The number of hydrogen-bond acceptors (Lipinski definition) is 7. The summed E-state index contributed by atoms with van der Waals surface area (Å²) >= 11 is 5.97. The summed E-state index contributed by atoms with van der Waals surface area (Å²) in [4.78, 5) is 27.2. The van der Waals surface area contributed by atoms with Crippen LogP contribution in [-0.4, -0.2) is 97.1 Å². The van der Waals surface area contributed by atoms with Crippen LogP contribution in [0.2, 0.25) is 5.02 Å². The van der Waals surface area contributed by atoms with Gasteiger partial charge in [0.25, 0.3) is 5.91 Å². The van der Waals surface area contributed by atoms with E-state index in [9.17, 15) is 9.90 Å². The van der Waals surface area contributed by atoms with Crippen molar-refractivity contribution in [2.75, 3.05) is 70.5 Å². The summed E-state index contributed by atoms with van der Waals surface area (Å²) in [6.07, 6.45) is 3.14. The SMILES string of the molecule is C=C1c2cc(C3CCN(CCO)CC3)ccc2N=C(CN2CCN(C(=O)COc3ccc(Cl)cc3)CC2)N1c1ccccc1CC(C)C. The first-order valence-corrected chi connectivity index (χ1v) is 17.7. The van der Waals surface area contributed by atoms with E-state index in [1.165, 1.54) is 11.1 Å². The average molecular weight is 670 g/mol. The topological polar surface area (TPSA) is 71.8 Å². The summed E-state index contributed by atoms with van der Waals surface area (Å²) in [6.45, 7) is 15.6. The Morgan fingerprint density at radius 1 is 0.979 bits per heavy atom. The van der Waals surface area contributed by atoms with Gasteiger partial charge in [0.2, 0.25) is 0 Å². The Morgan fingerprint density at radius 3 is 2.42 bits per heavy atom. The number of piperazine rings is 1. The van der Waals surface area contributed by atoms with Crippen molar-refractivity contribution in [3.8, 4) is 5.75 Å². The number of aliphatic imine (C=N–C) groups is 1. The normalized spacial score (nSPS) is 17.9. The van der Waals surface area contributed by atoms with Crippen LogP contribution in [0, 0.1) is 5.92 Å².